The number of hydrogen-bond acceptors (Lipinski definition) is 3. The summed E-state index contributed by atoms with van der Waals surface area (Å²) in [6.07, 6.45) is 1.53. The van der Waals surface area contributed by atoms with Crippen molar-refractivity contribution >= 4 is 23.4 Å². The lowest BCUT2D eigenvalue weighted by atomic mass is 10.2. The summed E-state index contributed by atoms with van der Waals surface area (Å²) in [5.74, 6) is -0.0404. The van der Waals surface area contributed by atoms with Crippen molar-refractivity contribution in [3.05, 3.63) is 59.0 Å². The molecule has 2 rings (SSSR count). The van der Waals surface area contributed by atoms with Crippen LogP contribution in [0, 0.1) is 0 Å². The van der Waals surface area contributed by atoms with Gasteiger partial charge in [0.2, 0.25) is 5.91 Å². The summed E-state index contributed by atoms with van der Waals surface area (Å²) in [5, 5.41) is 5.48. The Labute approximate surface area is 120 Å². The summed E-state index contributed by atoms with van der Waals surface area (Å²) in [4.78, 5) is 23.4. The molecule has 20 heavy (non-hydrogen) atoms. The van der Waals surface area contributed by atoms with Gasteiger partial charge >= 0.3 is 0 Å². The van der Waals surface area contributed by atoms with Crippen LogP contribution < -0.4 is 10.6 Å². The van der Waals surface area contributed by atoms with Crippen LogP contribution in [0.3, 0.4) is 0 Å². The lowest BCUT2D eigenvalue weighted by Gasteiger charge is -2.07. The fraction of sp³-hybridized carbons (Fsp3) is 0.143. The van der Waals surface area contributed by atoms with E-state index in [0.29, 0.717) is 16.3 Å². The molecule has 0 radical (unpaired) electrons. The zero-order valence-corrected chi connectivity index (χ0v) is 11.3. The fourth-order valence-corrected chi connectivity index (χ4v) is 1.78. The van der Waals surface area contributed by atoms with E-state index < -0.39 is 0 Å². The number of benzene rings is 1. The van der Waals surface area contributed by atoms with Gasteiger partial charge in [-0.25, -0.2) is 0 Å². The Kier molecular flexibility index (Phi) is 4.79. The van der Waals surface area contributed by atoms with E-state index in [2.05, 4.69) is 10.6 Å². The lowest BCUT2D eigenvalue weighted by molar-refractivity contribution is -0.120. The van der Waals surface area contributed by atoms with Crippen LogP contribution in [0.4, 0.5) is 0 Å². The number of carbonyl (C=O) groups is 2. The van der Waals surface area contributed by atoms with Crippen molar-refractivity contribution < 1.29 is 14.0 Å². The predicted molar refractivity (Wildman–Crippen MR) is 74.3 cm³/mol. The first kappa shape index (κ1) is 14.1. The highest BCUT2D eigenvalue weighted by molar-refractivity contribution is 6.33. The van der Waals surface area contributed by atoms with Crippen molar-refractivity contribution in [3.63, 3.8) is 0 Å². The van der Waals surface area contributed by atoms with E-state index in [0.717, 1.165) is 0 Å². The van der Waals surface area contributed by atoms with Crippen molar-refractivity contribution in [2.24, 2.45) is 0 Å². The Bertz CT molecular complexity index is 596. The van der Waals surface area contributed by atoms with Crippen molar-refractivity contribution in [1.29, 1.82) is 0 Å². The maximum absolute atomic E-state index is 11.8. The summed E-state index contributed by atoms with van der Waals surface area (Å²) < 4.78 is 5.08. The third-order valence-corrected chi connectivity index (χ3v) is 2.90. The minimum atomic E-state index is -0.385. The number of furan rings is 1. The van der Waals surface area contributed by atoms with E-state index in [4.69, 9.17) is 16.0 Å². The minimum absolute atomic E-state index is 0.120. The molecule has 0 saturated heterocycles. The van der Waals surface area contributed by atoms with Gasteiger partial charge in [0.25, 0.3) is 5.91 Å². The van der Waals surface area contributed by atoms with Crippen LogP contribution in [0.25, 0.3) is 0 Å². The first-order valence-electron chi connectivity index (χ1n) is 5.98. The second kappa shape index (κ2) is 6.77. The largest absolute Gasteiger partial charge is 0.467 e. The highest BCUT2D eigenvalue weighted by Gasteiger charge is 2.10. The van der Waals surface area contributed by atoms with Gasteiger partial charge in [-0.2, -0.15) is 0 Å². The van der Waals surface area contributed by atoms with Gasteiger partial charge in [-0.05, 0) is 24.3 Å². The van der Waals surface area contributed by atoms with E-state index >= 15 is 0 Å². The van der Waals surface area contributed by atoms with Crippen LogP contribution in [0.1, 0.15) is 16.1 Å². The summed E-state index contributed by atoms with van der Waals surface area (Å²) in [6, 6.07) is 10.1. The predicted octanol–water partition coefficient (Wildman–Crippen LogP) is 1.98. The molecular weight excluding hydrogens is 280 g/mol. The first-order valence-corrected chi connectivity index (χ1v) is 6.36. The fourth-order valence-electron chi connectivity index (χ4n) is 1.56. The average Bonchev–Trinajstić information content (AvgIpc) is 2.96. The third kappa shape index (κ3) is 3.86. The molecule has 0 aliphatic rings. The van der Waals surface area contributed by atoms with Gasteiger partial charge in [0, 0.05) is 0 Å². The molecule has 1 aromatic carbocycles. The SMILES string of the molecule is O=C(CNC(=O)c1ccccc1Cl)NCc1ccco1. The number of amides is 2. The van der Waals surface area contributed by atoms with Crippen molar-refractivity contribution in [2.45, 2.75) is 6.54 Å². The average molecular weight is 293 g/mol. The molecule has 0 unspecified atom stereocenters. The molecular formula is C14H13ClN2O3. The molecule has 2 aromatic rings. The van der Waals surface area contributed by atoms with Crippen molar-refractivity contribution in [2.75, 3.05) is 6.54 Å². The number of rotatable bonds is 5. The Morgan fingerprint density at radius 1 is 1.10 bits per heavy atom. The topological polar surface area (TPSA) is 71.3 Å². The van der Waals surface area contributed by atoms with E-state index in [9.17, 15) is 9.59 Å². The number of nitrogens with one attached hydrogen (secondary N) is 2. The number of carbonyl (C=O) groups excluding carboxylic acids is 2. The molecule has 0 aliphatic heterocycles. The minimum Gasteiger partial charge on any atom is -0.467 e. The second-order valence-corrected chi connectivity index (χ2v) is 4.43. The van der Waals surface area contributed by atoms with Gasteiger partial charge in [-0.15, -0.1) is 0 Å². The van der Waals surface area contributed by atoms with Crippen LogP contribution in [0.15, 0.2) is 47.1 Å². The van der Waals surface area contributed by atoms with Crippen LogP contribution in [0.5, 0.6) is 0 Å². The Balaban J connectivity index is 1.78. The molecule has 0 spiro atoms. The molecule has 0 saturated carbocycles. The van der Waals surface area contributed by atoms with E-state index in [1.165, 1.54) is 6.26 Å². The van der Waals surface area contributed by atoms with E-state index in [1.807, 2.05) is 0 Å². The van der Waals surface area contributed by atoms with Gasteiger partial charge in [0.05, 0.1) is 29.9 Å². The highest BCUT2D eigenvalue weighted by atomic mass is 35.5. The quantitative estimate of drug-likeness (QED) is 0.885. The molecule has 0 bridgehead atoms. The molecule has 1 heterocycles. The standard InChI is InChI=1S/C14H13ClN2O3/c15-12-6-2-1-5-11(12)14(19)17-9-13(18)16-8-10-4-3-7-20-10/h1-7H,8-9H2,(H,16,18)(H,17,19). The molecule has 0 atom stereocenters. The lowest BCUT2D eigenvalue weighted by Crippen LogP contribution is -2.36. The summed E-state index contributed by atoms with van der Waals surface area (Å²) in [7, 11) is 0. The number of halogens is 1. The summed E-state index contributed by atoms with van der Waals surface area (Å²) >= 11 is 5.89. The Hall–Kier alpha value is -2.27. The van der Waals surface area contributed by atoms with Gasteiger partial charge in [-0.3, -0.25) is 9.59 Å². The van der Waals surface area contributed by atoms with E-state index in [1.54, 1.807) is 36.4 Å². The van der Waals surface area contributed by atoms with Gasteiger partial charge < -0.3 is 15.1 Å². The molecule has 5 nitrogen and oxygen atoms in total. The number of hydrogen-bond donors (Lipinski definition) is 2. The van der Waals surface area contributed by atoms with Gasteiger partial charge in [-0.1, -0.05) is 23.7 Å². The Morgan fingerprint density at radius 2 is 1.90 bits per heavy atom. The maximum Gasteiger partial charge on any atom is 0.253 e. The molecule has 0 fully saturated rings. The van der Waals surface area contributed by atoms with Gasteiger partial charge in [0.1, 0.15) is 5.76 Å². The first-order chi connectivity index (χ1) is 9.66. The van der Waals surface area contributed by atoms with Gasteiger partial charge in [0.15, 0.2) is 0 Å². The van der Waals surface area contributed by atoms with Crippen molar-refractivity contribution in [1.82, 2.24) is 10.6 Å². The molecule has 6 heteroatoms. The van der Waals surface area contributed by atoms with Crippen molar-refractivity contribution in [3.8, 4) is 0 Å². The normalized spacial score (nSPS) is 10.1. The highest BCUT2D eigenvalue weighted by Crippen LogP contribution is 2.14. The molecule has 1 aromatic heterocycles. The van der Waals surface area contributed by atoms with Crippen LogP contribution in [-0.4, -0.2) is 18.4 Å². The zero-order chi connectivity index (χ0) is 14.4. The monoisotopic (exact) mass is 292 g/mol. The third-order valence-electron chi connectivity index (χ3n) is 2.57. The maximum atomic E-state index is 11.8. The van der Waals surface area contributed by atoms with E-state index in [-0.39, 0.29) is 24.9 Å². The van der Waals surface area contributed by atoms with Crippen LogP contribution in [0.2, 0.25) is 5.02 Å². The Morgan fingerprint density at radius 3 is 2.60 bits per heavy atom. The zero-order valence-electron chi connectivity index (χ0n) is 10.6. The van der Waals surface area contributed by atoms with Crippen LogP contribution in [-0.2, 0) is 11.3 Å². The molecule has 2 amide bonds. The second-order valence-electron chi connectivity index (χ2n) is 4.02. The van der Waals surface area contributed by atoms with Crippen LogP contribution >= 0.6 is 11.6 Å². The summed E-state index contributed by atoms with van der Waals surface area (Å²) in [5.41, 5.74) is 0.341. The smallest absolute Gasteiger partial charge is 0.253 e. The molecule has 2 N–H and O–H groups in total. The molecule has 0 aliphatic carbocycles. The molecule has 104 valence electrons. The summed E-state index contributed by atoms with van der Waals surface area (Å²) in [6.45, 7) is 0.165.